The predicted octanol–water partition coefficient (Wildman–Crippen LogP) is 6.32. The highest BCUT2D eigenvalue weighted by molar-refractivity contribution is 5.91. The molecule has 1 saturated carbocycles. The lowest BCUT2D eigenvalue weighted by Crippen LogP contribution is -2.28. The van der Waals surface area contributed by atoms with Crippen molar-refractivity contribution in [3.63, 3.8) is 0 Å². The Bertz CT molecular complexity index is 1370. The van der Waals surface area contributed by atoms with Crippen LogP contribution in [0.4, 0.5) is 17.5 Å². The number of nitrogens with one attached hydrogen (secondary N) is 2. The minimum absolute atomic E-state index is 0.127. The molecule has 1 heterocycles. The van der Waals surface area contributed by atoms with E-state index >= 15 is 0 Å². The smallest absolute Gasteiger partial charge is 0.338 e. The summed E-state index contributed by atoms with van der Waals surface area (Å²) in [5.74, 6) is 1.42. The fourth-order valence-electron chi connectivity index (χ4n) is 5.55. The Kier molecular flexibility index (Phi) is 10.8. The second-order valence-corrected chi connectivity index (χ2v) is 11.4. The number of aromatic nitrogens is 2. The normalized spacial score (nSPS) is 16.7. The molecule has 10 nitrogen and oxygen atoms in total. The molecular weight excluding hydrogens is 532 g/mol. The largest absolute Gasteiger partial charge is 0.462 e. The highest BCUT2D eigenvalue weighted by atomic mass is 16.6. The van der Waals surface area contributed by atoms with Crippen LogP contribution in [0.25, 0.3) is 11.1 Å². The summed E-state index contributed by atoms with van der Waals surface area (Å²) in [6.07, 6.45) is 6.59. The third kappa shape index (κ3) is 8.25. The van der Waals surface area contributed by atoms with Crippen LogP contribution in [0.5, 0.6) is 0 Å². The minimum atomic E-state index is -0.445. The number of hydrogen-bond acceptors (Lipinski definition) is 9. The molecule has 1 fully saturated rings. The molecule has 10 heteroatoms. The first-order chi connectivity index (χ1) is 20.2. The molecule has 0 aliphatic heterocycles. The van der Waals surface area contributed by atoms with Gasteiger partial charge >= 0.3 is 11.7 Å². The summed E-state index contributed by atoms with van der Waals surface area (Å²) in [6, 6.07) is 13.5. The van der Waals surface area contributed by atoms with Gasteiger partial charge in [0.05, 0.1) is 17.1 Å². The average molecular weight is 575 g/mol. The van der Waals surface area contributed by atoms with Crippen LogP contribution in [0.1, 0.15) is 60.5 Å². The molecule has 0 spiro atoms. The molecule has 2 aromatic carbocycles. The number of nitrogens with zero attached hydrogens (tertiary/aromatic N) is 4. The topological polar surface area (TPSA) is 123 Å². The summed E-state index contributed by atoms with van der Waals surface area (Å²) >= 11 is 0. The summed E-state index contributed by atoms with van der Waals surface area (Å²) < 4.78 is 5.30. The zero-order valence-corrected chi connectivity index (χ0v) is 25.1. The van der Waals surface area contributed by atoms with Crippen LogP contribution in [-0.2, 0) is 11.3 Å². The molecule has 0 radical (unpaired) electrons. The fourth-order valence-corrected chi connectivity index (χ4v) is 5.55. The van der Waals surface area contributed by atoms with E-state index in [4.69, 9.17) is 4.74 Å². The lowest BCUT2D eigenvalue weighted by molar-refractivity contribution is -0.384. The Balaban J connectivity index is 1.42. The van der Waals surface area contributed by atoms with Crippen molar-refractivity contribution in [3.05, 3.63) is 75.5 Å². The second kappa shape index (κ2) is 14.7. The zero-order chi connectivity index (χ0) is 30.1. The molecule has 224 valence electrons. The number of esters is 1. The summed E-state index contributed by atoms with van der Waals surface area (Å²) in [7, 11) is 4.22. The molecule has 0 amide bonds. The summed E-state index contributed by atoms with van der Waals surface area (Å²) in [5, 5.41) is 18.2. The van der Waals surface area contributed by atoms with E-state index in [2.05, 4.69) is 39.6 Å². The summed E-state index contributed by atoms with van der Waals surface area (Å²) in [5.41, 5.74) is 4.40. The van der Waals surface area contributed by atoms with Crippen molar-refractivity contribution in [3.8, 4) is 11.1 Å². The number of rotatable bonds is 13. The first-order valence-electron chi connectivity index (χ1n) is 14.7. The number of nitro groups is 1. The maximum absolute atomic E-state index is 12.4. The first-order valence-corrected chi connectivity index (χ1v) is 14.7. The van der Waals surface area contributed by atoms with E-state index in [0.29, 0.717) is 43.0 Å². The molecular formula is C32H42N6O4. The van der Waals surface area contributed by atoms with E-state index in [-0.39, 0.29) is 17.5 Å². The second-order valence-electron chi connectivity index (χ2n) is 11.4. The van der Waals surface area contributed by atoms with Gasteiger partial charge in [-0.1, -0.05) is 37.3 Å². The van der Waals surface area contributed by atoms with E-state index in [0.717, 1.165) is 48.1 Å². The third-order valence-electron chi connectivity index (χ3n) is 7.84. The predicted molar refractivity (Wildman–Crippen MR) is 166 cm³/mol. The van der Waals surface area contributed by atoms with Crippen LogP contribution in [-0.4, -0.2) is 59.6 Å². The lowest BCUT2D eigenvalue weighted by atomic mass is 9.82. The molecule has 1 aliphatic rings. The van der Waals surface area contributed by atoms with Gasteiger partial charge in [0.2, 0.25) is 11.8 Å². The Hall–Kier alpha value is -4.05. The Morgan fingerprint density at radius 3 is 2.55 bits per heavy atom. The van der Waals surface area contributed by atoms with Crippen LogP contribution in [0.15, 0.2) is 48.7 Å². The van der Waals surface area contributed by atoms with Crippen molar-refractivity contribution in [2.75, 3.05) is 44.4 Å². The van der Waals surface area contributed by atoms with Crippen LogP contribution in [0.2, 0.25) is 0 Å². The van der Waals surface area contributed by atoms with Crippen molar-refractivity contribution in [2.24, 2.45) is 11.8 Å². The average Bonchev–Trinajstić information content (AvgIpc) is 2.98. The molecule has 0 saturated heterocycles. The van der Waals surface area contributed by atoms with Crippen LogP contribution in [0, 0.1) is 28.9 Å². The Labute approximate surface area is 248 Å². The summed E-state index contributed by atoms with van der Waals surface area (Å²) in [6.45, 7) is 6.58. The number of carbonyl (C=O) groups is 1. The van der Waals surface area contributed by atoms with Gasteiger partial charge < -0.3 is 20.3 Å². The van der Waals surface area contributed by atoms with Crippen molar-refractivity contribution < 1.29 is 14.5 Å². The molecule has 1 aliphatic carbocycles. The van der Waals surface area contributed by atoms with Crippen molar-refractivity contribution >= 4 is 23.4 Å². The number of benzene rings is 2. The fraction of sp³-hybridized carbons (Fsp3) is 0.469. The first kappa shape index (κ1) is 30.9. The third-order valence-corrected chi connectivity index (χ3v) is 7.84. The molecule has 2 N–H and O–H groups in total. The van der Waals surface area contributed by atoms with E-state index in [1.54, 1.807) is 6.07 Å². The lowest BCUT2D eigenvalue weighted by Gasteiger charge is -2.30. The number of anilines is 2. The van der Waals surface area contributed by atoms with Gasteiger partial charge in [0.15, 0.2) is 0 Å². The van der Waals surface area contributed by atoms with Crippen molar-refractivity contribution in [1.29, 1.82) is 0 Å². The molecule has 4 rings (SSSR count). The summed E-state index contributed by atoms with van der Waals surface area (Å²) in [4.78, 5) is 34.5. The van der Waals surface area contributed by atoms with Crippen molar-refractivity contribution in [1.82, 2.24) is 14.9 Å². The van der Waals surface area contributed by atoms with Gasteiger partial charge in [-0.2, -0.15) is 4.98 Å². The molecule has 42 heavy (non-hydrogen) atoms. The van der Waals surface area contributed by atoms with E-state index in [1.165, 1.54) is 19.0 Å². The van der Waals surface area contributed by atoms with Crippen LogP contribution < -0.4 is 10.6 Å². The van der Waals surface area contributed by atoms with E-state index in [1.807, 2.05) is 50.2 Å². The number of hydrogen-bond donors (Lipinski definition) is 2. The quantitative estimate of drug-likeness (QED) is 0.137. The van der Waals surface area contributed by atoms with Gasteiger partial charge in [-0.3, -0.25) is 10.1 Å². The highest BCUT2D eigenvalue weighted by Crippen LogP contribution is 2.31. The van der Waals surface area contributed by atoms with Gasteiger partial charge in [0, 0.05) is 19.6 Å². The van der Waals surface area contributed by atoms with Gasteiger partial charge in [-0.15, -0.1) is 0 Å². The van der Waals surface area contributed by atoms with Gasteiger partial charge in [-0.05, 0) is 99.3 Å². The monoisotopic (exact) mass is 574 g/mol. The number of carbonyl (C=O) groups excluding carboxylic acids is 1. The Morgan fingerprint density at radius 1 is 1.10 bits per heavy atom. The SMILES string of the molecule is CCCOC(=O)c1cccc(-c2cccc(CNc3ncc([N+](=O)[O-])c(NCC4CCC(CN(C)C)CC4)n3)c2C)c1. The van der Waals surface area contributed by atoms with Crippen molar-refractivity contribution in [2.45, 2.75) is 52.5 Å². The Morgan fingerprint density at radius 2 is 1.83 bits per heavy atom. The molecule has 0 unspecified atom stereocenters. The van der Waals surface area contributed by atoms with E-state index < -0.39 is 4.92 Å². The standard InChI is InChI=1S/C32H42N6O4/c1-5-16-42-31(39)26-9-6-8-25(17-26)28-11-7-10-27(22(28)2)19-34-32-35-20-29(38(40)41)30(36-32)33-18-23-12-14-24(15-13-23)21-37(3)4/h6-11,17,20,23-24H,5,12-16,18-19,21H2,1-4H3,(H2,33,34,35,36). The van der Waals surface area contributed by atoms with Gasteiger partial charge in [-0.25, -0.2) is 9.78 Å². The minimum Gasteiger partial charge on any atom is -0.462 e. The molecule has 3 aromatic rings. The maximum atomic E-state index is 12.4. The molecule has 0 atom stereocenters. The van der Waals surface area contributed by atoms with Crippen LogP contribution in [0.3, 0.4) is 0 Å². The highest BCUT2D eigenvalue weighted by Gasteiger charge is 2.23. The zero-order valence-electron chi connectivity index (χ0n) is 25.1. The van der Waals surface area contributed by atoms with Gasteiger partial charge in [0.1, 0.15) is 6.20 Å². The van der Waals surface area contributed by atoms with Crippen LogP contribution >= 0.6 is 0 Å². The van der Waals surface area contributed by atoms with Gasteiger partial charge in [0.25, 0.3) is 0 Å². The molecule has 1 aromatic heterocycles. The maximum Gasteiger partial charge on any atom is 0.338 e. The number of ether oxygens (including phenoxy) is 1. The molecule has 0 bridgehead atoms. The van der Waals surface area contributed by atoms with E-state index in [9.17, 15) is 14.9 Å².